The summed E-state index contributed by atoms with van der Waals surface area (Å²) in [5.41, 5.74) is 6.77. The summed E-state index contributed by atoms with van der Waals surface area (Å²) in [6.07, 6.45) is 5.22. The molecular weight excluding hydrogens is 220 g/mol. The molecule has 2 rings (SSSR count). The summed E-state index contributed by atoms with van der Waals surface area (Å²) in [6.45, 7) is 1.93. The molecule has 0 bridgehead atoms. The first-order valence-electron chi connectivity index (χ1n) is 4.92. The second-order valence-corrected chi connectivity index (χ2v) is 4.34. The van der Waals surface area contributed by atoms with Crippen LogP contribution >= 0.6 is 11.8 Å². The SMILES string of the molecule is CC(N)c1ccc(Sc2ncccn2)nc1. The van der Waals surface area contributed by atoms with Crippen LogP contribution in [0, 0.1) is 0 Å². The van der Waals surface area contributed by atoms with Gasteiger partial charge in [0.15, 0.2) is 5.16 Å². The Hall–Kier alpha value is -1.46. The van der Waals surface area contributed by atoms with Crippen LogP contribution in [-0.2, 0) is 0 Å². The van der Waals surface area contributed by atoms with E-state index in [0.29, 0.717) is 5.16 Å². The van der Waals surface area contributed by atoms with E-state index in [-0.39, 0.29) is 6.04 Å². The van der Waals surface area contributed by atoms with E-state index < -0.39 is 0 Å². The van der Waals surface area contributed by atoms with E-state index in [4.69, 9.17) is 5.73 Å². The van der Waals surface area contributed by atoms with E-state index in [2.05, 4.69) is 15.0 Å². The second kappa shape index (κ2) is 5.05. The van der Waals surface area contributed by atoms with Gasteiger partial charge in [0.25, 0.3) is 0 Å². The molecule has 2 aromatic rings. The topological polar surface area (TPSA) is 64.7 Å². The Morgan fingerprint density at radius 3 is 2.50 bits per heavy atom. The van der Waals surface area contributed by atoms with Gasteiger partial charge in [0.1, 0.15) is 5.03 Å². The molecule has 0 amide bonds. The summed E-state index contributed by atoms with van der Waals surface area (Å²) >= 11 is 1.43. The minimum absolute atomic E-state index is 0.0134. The molecule has 0 aliphatic heterocycles. The first-order valence-corrected chi connectivity index (χ1v) is 5.74. The first-order chi connectivity index (χ1) is 7.75. The van der Waals surface area contributed by atoms with Crippen LogP contribution in [0.1, 0.15) is 18.5 Å². The number of rotatable bonds is 3. The number of nitrogens with zero attached hydrogens (tertiary/aromatic N) is 3. The molecule has 1 atom stereocenters. The number of aromatic nitrogens is 3. The fourth-order valence-corrected chi connectivity index (χ4v) is 1.81. The zero-order valence-electron chi connectivity index (χ0n) is 8.87. The summed E-state index contributed by atoms with van der Waals surface area (Å²) in [5.74, 6) is 0. The highest BCUT2D eigenvalue weighted by atomic mass is 32.2. The van der Waals surface area contributed by atoms with Gasteiger partial charge in [-0.3, -0.25) is 0 Å². The van der Waals surface area contributed by atoms with Gasteiger partial charge in [0.2, 0.25) is 0 Å². The van der Waals surface area contributed by atoms with Gasteiger partial charge < -0.3 is 5.73 Å². The fraction of sp³-hybridized carbons (Fsp3) is 0.182. The van der Waals surface area contributed by atoms with Gasteiger partial charge in [-0.05, 0) is 36.4 Å². The van der Waals surface area contributed by atoms with Crippen molar-refractivity contribution in [3.63, 3.8) is 0 Å². The van der Waals surface area contributed by atoms with Crippen LogP contribution < -0.4 is 5.73 Å². The Balaban J connectivity index is 2.11. The van der Waals surface area contributed by atoms with Crippen molar-refractivity contribution in [2.45, 2.75) is 23.1 Å². The lowest BCUT2D eigenvalue weighted by Gasteiger charge is -2.05. The molecule has 0 aliphatic carbocycles. The molecule has 0 spiro atoms. The van der Waals surface area contributed by atoms with E-state index >= 15 is 0 Å². The molecule has 0 radical (unpaired) electrons. The minimum atomic E-state index is 0.0134. The van der Waals surface area contributed by atoms with Crippen LogP contribution in [0.5, 0.6) is 0 Å². The third kappa shape index (κ3) is 2.77. The lowest BCUT2D eigenvalue weighted by molar-refractivity contribution is 0.806. The zero-order chi connectivity index (χ0) is 11.4. The van der Waals surface area contributed by atoms with Gasteiger partial charge >= 0.3 is 0 Å². The Kier molecular flexibility index (Phi) is 3.48. The molecule has 0 aliphatic rings. The van der Waals surface area contributed by atoms with E-state index in [1.54, 1.807) is 24.7 Å². The van der Waals surface area contributed by atoms with Crippen molar-refractivity contribution in [3.05, 3.63) is 42.4 Å². The molecule has 16 heavy (non-hydrogen) atoms. The van der Waals surface area contributed by atoms with Crippen LogP contribution in [0.15, 0.2) is 47.0 Å². The maximum absolute atomic E-state index is 5.74. The number of nitrogens with two attached hydrogens (primary N) is 1. The number of pyridine rings is 1. The average molecular weight is 232 g/mol. The standard InChI is InChI=1S/C11H12N4S/c1-8(12)9-3-4-10(15-7-9)16-11-13-5-2-6-14-11/h2-8H,12H2,1H3. The van der Waals surface area contributed by atoms with Crippen molar-refractivity contribution in [1.82, 2.24) is 15.0 Å². The highest BCUT2D eigenvalue weighted by Gasteiger charge is 2.03. The monoisotopic (exact) mass is 232 g/mol. The molecule has 0 aromatic carbocycles. The maximum atomic E-state index is 5.74. The van der Waals surface area contributed by atoms with E-state index in [1.165, 1.54) is 11.8 Å². The Morgan fingerprint density at radius 2 is 1.94 bits per heavy atom. The van der Waals surface area contributed by atoms with E-state index in [0.717, 1.165) is 10.6 Å². The van der Waals surface area contributed by atoms with Crippen LogP contribution in [-0.4, -0.2) is 15.0 Å². The highest BCUT2D eigenvalue weighted by molar-refractivity contribution is 7.99. The molecule has 2 N–H and O–H groups in total. The number of hydrogen-bond donors (Lipinski definition) is 1. The highest BCUT2D eigenvalue weighted by Crippen LogP contribution is 2.22. The van der Waals surface area contributed by atoms with E-state index in [9.17, 15) is 0 Å². The molecule has 4 nitrogen and oxygen atoms in total. The van der Waals surface area contributed by atoms with Crippen molar-refractivity contribution in [1.29, 1.82) is 0 Å². The van der Waals surface area contributed by atoms with Crippen LogP contribution in [0.2, 0.25) is 0 Å². The van der Waals surface area contributed by atoms with Gasteiger partial charge in [0.05, 0.1) is 0 Å². The largest absolute Gasteiger partial charge is 0.324 e. The van der Waals surface area contributed by atoms with Crippen molar-refractivity contribution in [2.75, 3.05) is 0 Å². The third-order valence-corrected chi connectivity index (χ3v) is 2.87. The maximum Gasteiger partial charge on any atom is 0.193 e. The predicted molar refractivity (Wildman–Crippen MR) is 63.0 cm³/mol. The van der Waals surface area contributed by atoms with Crippen molar-refractivity contribution in [2.24, 2.45) is 5.73 Å². The summed E-state index contributed by atoms with van der Waals surface area (Å²) in [4.78, 5) is 12.5. The normalized spacial score (nSPS) is 12.4. The molecular formula is C11H12N4S. The van der Waals surface area contributed by atoms with Crippen molar-refractivity contribution in [3.8, 4) is 0 Å². The van der Waals surface area contributed by atoms with Crippen LogP contribution in [0.4, 0.5) is 0 Å². The van der Waals surface area contributed by atoms with Gasteiger partial charge in [0, 0.05) is 24.6 Å². The lowest BCUT2D eigenvalue weighted by Crippen LogP contribution is -2.05. The van der Waals surface area contributed by atoms with Gasteiger partial charge in [-0.15, -0.1) is 0 Å². The van der Waals surface area contributed by atoms with Gasteiger partial charge in [-0.1, -0.05) is 6.07 Å². The third-order valence-electron chi connectivity index (χ3n) is 2.02. The Bertz CT molecular complexity index is 441. The number of hydrogen-bond acceptors (Lipinski definition) is 5. The fourth-order valence-electron chi connectivity index (χ4n) is 1.15. The Labute approximate surface area is 98.3 Å². The zero-order valence-corrected chi connectivity index (χ0v) is 9.69. The molecule has 1 unspecified atom stereocenters. The average Bonchev–Trinajstić information content (AvgIpc) is 2.31. The van der Waals surface area contributed by atoms with Gasteiger partial charge in [-0.25, -0.2) is 15.0 Å². The Morgan fingerprint density at radius 1 is 1.19 bits per heavy atom. The smallest absolute Gasteiger partial charge is 0.193 e. The molecule has 0 saturated heterocycles. The molecule has 5 heteroatoms. The molecule has 2 aromatic heterocycles. The van der Waals surface area contributed by atoms with Gasteiger partial charge in [-0.2, -0.15) is 0 Å². The second-order valence-electron chi connectivity index (χ2n) is 3.35. The molecule has 0 fully saturated rings. The van der Waals surface area contributed by atoms with Crippen LogP contribution in [0.25, 0.3) is 0 Å². The summed E-state index contributed by atoms with van der Waals surface area (Å²) in [5, 5.41) is 1.57. The summed E-state index contributed by atoms with van der Waals surface area (Å²) in [7, 11) is 0. The summed E-state index contributed by atoms with van der Waals surface area (Å²) < 4.78 is 0. The molecule has 0 saturated carbocycles. The van der Waals surface area contributed by atoms with Crippen LogP contribution in [0.3, 0.4) is 0 Å². The van der Waals surface area contributed by atoms with E-state index in [1.807, 2.05) is 19.1 Å². The van der Waals surface area contributed by atoms with Crippen molar-refractivity contribution >= 4 is 11.8 Å². The minimum Gasteiger partial charge on any atom is -0.324 e. The summed E-state index contributed by atoms with van der Waals surface area (Å²) in [6, 6.07) is 5.71. The lowest BCUT2D eigenvalue weighted by atomic mass is 10.2. The van der Waals surface area contributed by atoms with Crippen molar-refractivity contribution < 1.29 is 0 Å². The quantitative estimate of drug-likeness (QED) is 0.820. The predicted octanol–water partition coefficient (Wildman–Crippen LogP) is 2.04. The molecule has 2 heterocycles. The molecule has 82 valence electrons. The first kappa shape index (κ1) is 11.0.